The number of rotatable bonds is 56. The molecule has 420 valence electrons. The second-order valence-corrected chi connectivity index (χ2v) is 20.6. The summed E-state index contributed by atoms with van der Waals surface area (Å²) in [5, 5.41) is 0. The lowest BCUT2D eigenvalue weighted by molar-refractivity contribution is -0.166. The number of ether oxygens (including phenoxy) is 3. The number of carbonyl (C=O) groups is 3. The maximum absolute atomic E-state index is 12.8. The predicted molar refractivity (Wildman–Crippen MR) is 316 cm³/mol. The van der Waals surface area contributed by atoms with Gasteiger partial charge in [0.15, 0.2) is 6.10 Å². The number of esters is 3. The van der Waals surface area contributed by atoms with Crippen molar-refractivity contribution in [2.24, 2.45) is 0 Å². The van der Waals surface area contributed by atoms with Crippen LogP contribution in [0.5, 0.6) is 0 Å². The van der Waals surface area contributed by atoms with E-state index in [1.165, 1.54) is 167 Å². The van der Waals surface area contributed by atoms with E-state index in [1.807, 2.05) is 6.08 Å². The largest absolute Gasteiger partial charge is 0.462 e. The summed E-state index contributed by atoms with van der Waals surface area (Å²) < 4.78 is 16.8. The van der Waals surface area contributed by atoms with E-state index >= 15 is 0 Å². The van der Waals surface area contributed by atoms with Crippen molar-refractivity contribution in [3.8, 4) is 0 Å². The van der Waals surface area contributed by atoms with E-state index in [-0.39, 0.29) is 31.6 Å². The molecule has 0 aromatic rings. The summed E-state index contributed by atoms with van der Waals surface area (Å²) in [6.45, 7) is 6.42. The topological polar surface area (TPSA) is 78.9 Å². The monoisotopic (exact) mass is 1020 g/mol. The zero-order chi connectivity index (χ0) is 52.9. The normalized spacial score (nSPS) is 12.6. The number of hydrogen-bond donors (Lipinski definition) is 0. The van der Waals surface area contributed by atoms with Gasteiger partial charge in [-0.1, -0.05) is 298 Å². The first-order chi connectivity index (χ1) is 36.0. The van der Waals surface area contributed by atoms with Crippen LogP contribution < -0.4 is 0 Å². The smallest absolute Gasteiger partial charge is 0.310 e. The summed E-state index contributed by atoms with van der Waals surface area (Å²) in [6, 6.07) is 0. The van der Waals surface area contributed by atoms with Gasteiger partial charge in [0.1, 0.15) is 13.2 Å². The molecule has 0 N–H and O–H groups in total. The van der Waals surface area contributed by atoms with Crippen LogP contribution in [0.15, 0.2) is 85.1 Å². The number of hydrogen-bond acceptors (Lipinski definition) is 6. The molecule has 0 rings (SSSR count). The Morgan fingerprint density at radius 1 is 0.301 bits per heavy atom. The third kappa shape index (κ3) is 59.3. The van der Waals surface area contributed by atoms with Crippen LogP contribution in [0.4, 0.5) is 0 Å². The fourth-order valence-corrected chi connectivity index (χ4v) is 8.77. The molecule has 0 aliphatic carbocycles. The van der Waals surface area contributed by atoms with E-state index in [9.17, 15) is 14.4 Å². The molecule has 0 spiro atoms. The Balaban J connectivity index is 4.32. The van der Waals surface area contributed by atoms with Crippen molar-refractivity contribution in [3.05, 3.63) is 85.1 Å². The molecule has 6 heteroatoms. The predicted octanol–water partition coefficient (Wildman–Crippen LogP) is 21.1. The minimum Gasteiger partial charge on any atom is -0.462 e. The van der Waals surface area contributed by atoms with Gasteiger partial charge in [-0.05, 0) is 70.6 Å². The Labute approximate surface area is 452 Å². The zero-order valence-corrected chi connectivity index (χ0v) is 48.1. The first-order valence-corrected chi connectivity index (χ1v) is 31.1. The Bertz CT molecular complexity index is 1400. The minimum absolute atomic E-state index is 0.0946. The highest BCUT2D eigenvalue weighted by Crippen LogP contribution is 2.17. The third-order valence-corrected chi connectivity index (χ3v) is 13.4. The SMILES string of the molecule is CC/C=C\C/C=C\C/C=C\C/C=C\C/C=C\CC(=O)OC(COC(=O)CCCCCCC/C=C\C/C=C\CCCC)COC(=O)CCCCCCCCCCCCCCCCCCCCCCCCCCCC. The van der Waals surface area contributed by atoms with E-state index in [0.29, 0.717) is 12.8 Å². The fraction of sp³-hybridized carbons (Fsp3) is 0.746. The second kappa shape index (κ2) is 61.1. The lowest BCUT2D eigenvalue weighted by Gasteiger charge is -2.18. The molecule has 0 aromatic carbocycles. The molecule has 6 nitrogen and oxygen atoms in total. The van der Waals surface area contributed by atoms with Gasteiger partial charge in [0.2, 0.25) is 0 Å². The molecule has 1 unspecified atom stereocenters. The van der Waals surface area contributed by atoms with Gasteiger partial charge in [-0.25, -0.2) is 0 Å². The van der Waals surface area contributed by atoms with Crippen LogP contribution in [0.2, 0.25) is 0 Å². The van der Waals surface area contributed by atoms with Crippen molar-refractivity contribution < 1.29 is 28.6 Å². The van der Waals surface area contributed by atoms with E-state index in [4.69, 9.17) is 14.2 Å². The minimum atomic E-state index is -0.836. The lowest BCUT2D eigenvalue weighted by atomic mass is 10.0. The summed E-state index contributed by atoms with van der Waals surface area (Å²) in [5.41, 5.74) is 0. The van der Waals surface area contributed by atoms with Crippen LogP contribution in [0, 0.1) is 0 Å². The van der Waals surface area contributed by atoms with E-state index in [1.54, 1.807) is 6.08 Å². The van der Waals surface area contributed by atoms with Crippen molar-refractivity contribution in [1.82, 2.24) is 0 Å². The molecule has 1 atom stereocenters. The molecule has 0 amide bonds. The Morgan fingerprint density at radius 2 is 0.589 bits per heavy atom. The van der Waals surface area contributed by atoms with Crippen LogP contribution in [-0.2, 0) is 28.6 Å². The van der Waals surface area contributed by atoms with E-state index < -0.39 is 12.1 Å². The van der Waals surface area contributed by atoms with Crippen LogP contribution in [0.3, 0.4) is 0 Å². The standard InChI is InChI=1S/C67H116O6/c1-4-7-10-13-16-19-22-25-28-29-30-31-32-33-34-35-36-37-38-40-42-45-48-51-54-57-60-66(69)72-63-64(62-71-65(68)59-56-53-50-47-44-41-27-24-21-18-15-12-9-6-3)73-67(70)61-58-55-52-49-46-43-39-26-23-20-17-14-11-8-5-2/h8,11,15,17-18,20,24,26-27,39,46,49,55,58,64H,4-7,9-10,12-14,16,19,21-23,25,28-38,40-45,47-48,50-54,56-57,59-63H2,1-3H3/b11-8-,18-15-,20-17-,27-24-,39-26-,49-46-,58-55-. The molecule has 0 radical (unpaired) electrons. The van der Waals surface area contributed by atoms with Crippen molar-refractivity contribution >= 4 is 17.9 Å². The maximum Gasteiger partial charge on any atom is 0.310 e. The summed E-state index contributed by atoms with van der Waals surface area (Å²) in [5.74, 6) is -1.05. The highest BCUT2D eigenvalue weighted by molar-refractivity contribution is 5.72. The first kappa shape index (κ1) is 69.6. The van der Waals surface area contributed by atoms with Gasteiger partial charge in [-0.15, -0.1) is 0 Å². The van der Waals surface area contributed by atoms with Gasteiger partial charge in [0, 0.05) is 12.8 Å². The average molecular weight is 1020 g/mol. The van der Waals surface area contributed by atoms with Crippen LogP contribution in [-0.4, -0.2) is 37.2 Å². The van der Waals surface area contributed by atoms with Crippen molar-refractivity contribution in [3.63, 3.8) is 0 Å². The Morgan fingerprint density at radius 3 is 0.945 bits per heavy atom. The summed E-state index contributed by atoms with van der Waals surface area (Å²) >= 11 is 0. The molecule has 0 aliphatic heterocycles. The van der Waals surface area contributed by atoms with Crippen LogP contribution in [0.25, 0.3) is 0 Å². The number of carbonyl (C=O) groups excluding carboxylic acids is 3. The summed E-state index contributed by atoms with van der Waals surface area (Å²) in [7, 11) is 0. The number of unbranched alkanes of at least 4 members (excludes halogenated alkanes) is 32. The van der Waals surface area contributed by atoms with Gasteiger partial charge in [0.25, 0.3) is 0 Å². The molecule has 0 saturated heterocycles. The van der Waals surface area contributed by atoms with E-state index in [0.717, 1.165) is 96.3 Å². The van der Waals surface area contributed by atoms with Gasteiger partial charge in [0.05, 0.1) is 6.42 Å². The summed E-state index contributed by atoms with van der Waals surface area (Å²) in [6.07, 6.45) is 80.6. The molecule has 0 fully saturated rings. The molecule has 0 aliphatic rings. The van der Waals surface area contributed by atoms with Crippen molar-refractivity contribution in [1.29, 1.82) is 0 Å². The van der Waals surface area contributed by atoms with E-state index in [2.05, 4.69) is 93.7 Å². The van der Waals surface area contributed by atoms with Gasteiger partial charge < -0.3 is 14.2 Å². The second-order valence-electron chi connectivity index (χ2n) is 20.6. The Hall–Kier alpha value is -3.41. The van der Waals surface area contributed by atoms with Gasteiger partial charge >= 0.3 is 17.9 Å². The average Bonchev–Trinajstić information content (AvgIpc) is 3.39. The summed E-state index contributed by atoms with van der Waals surface area (Å²) in [4.78, 5) is 38.1. The van der Waals surface area contributed by atoms with Crippen molar-refractivity contribution in [2.75, 3.05) is 13.2 Å². The highest BCUT2D eigenvalue weighted by atomic mass is 16.6. The molecule has 0 bridgehead atoms. The highest BCUT2D eigenvalue weighted by Gasteiger charge is 2.19. The number of allylic oxidation sites excluding steroid dienone is 13. The van der Waals surface area contributed by atoms with Crippen LogP contribution in [0.1, 0.15) is 303 Å². The molecule has 0 aromatic heterocycles. The third-order valence-electron chi connectivity index (χ3n) is 13.4. The molecule has 0 heterocycles. The van der Waals surface area contributed by atoms with Gasteiger partial charge in [-0.3, -0.25) is 14.4 Å². The fourth-order valence-electron chi connectivity index (χ4n) is 8.77. The molecular formula is C67H116O6. The lowest BCUT2D eigenvalue weighted by Crippen LogP contribution is -2.30. The quantitative estimate of drug-likeness (QED) is 0.0261. The molecule has 0 saturated carbocycles. The first-order valence-electron chi connectivity index (χ1n) is 31.1. The van der Waals surface area contributed by atoms with Crippen molar-refractivity contribution in [2.45, 2.75) is 309 Å². The maximum atomic E-state index is 12.8. The van der Waals surface area contributed by atoms with Crippen LogP contribution >= 0.6 is 0 Å². The Kier molecular flexibility index (Phi) is 58.3. The molecule has 73 heavy (non-hydrogen) atoms. The molecular weight excluding hydrogens is 901 g/mol. The zero-order valence-electron chi connectivity index (χ0n) is 48.1. The van der Waals surface area contributed by atoms with Gasteiger partial charge in [-0.2, -0.15) is 0 Å².